The number of hydrogen-bond donors (Lipinski definition) is 2. The quantitative estimate of drug-likeness (QED) is 0.639. The van der Waals surface area contributed by atoms with Crippen molar-refractivity contribution in [3.63, 3.8) is 0 Å². The molecule has 0 saturated carbocycles. The predicted molar refractivity (Wildman–Crippen MR) is 68.3 cm³/mol. The summed E-state index contributed by atoms with van der Waals surface area (Å²) >= 11 is 5.59. The van der Waals surface area contributed by atoms with Crippen LogP contribution in [0.5, 0.6) is 0 Å². The Labute approximate surface area is 111 Å². The first-order chi connectivity index (χ1) is 8.03. The van der Waals surface area contributed by atoms with Gasteiger partial charge in [0.05, 0.1) is 11.2 Å². The molecule has 0 aromatic carbocycles. The van der Waals surface area contributed by atoms with E-state index in [9.17, 15) is 14.5 Å². The molecule has 0 fully saturated rings. The van der Waals surface area contributed by atoms with Crippen LogP contribution in [0, 0.1) is 5.95 Å². The van der Waals surface area contributed by atoms with Crippen molar-refractivity contribution in [2.24, 2.45) is 0 Å². The zero-order valence-corrected chi connectivity index (χ0v) is 11.5. The fourth-order valence-corrected chi connectivity index (χ4v) is 1.32. The maximum Gasteiger partial charge on any atom is 0.491 e. The largest absolute Gasteiger partial charge is 0.491 e. The molecule has 7 heteroatoms. The Morgan fingerprint density at radius 3 is 2.33 bits per heavy atom. The van der Waals surface area contributed by atoms with Crippen molar-refractivity contribution in [2.45, 2.75) is 38.9 Å². The van der Waals surface area contributed by atoms with Crippen molar-refractivity contribution in [1.29, 1.82) is 0 Å². The van der Waals surface area contributed by atoms with Gasteiger partial charge in [0.25, 0.3) is 0 Å². The maximum atomic E-state index is 13.0. The number of aliphatic hydroxyl groups is 1. The summed E-state index contributed by atoms with van der Waals surface area (Å²) < 4.78 is 18.4. The molecule has 1 aromatic heterocycles. The maximum absolute atomic E-state index is 13.0. The van der Waals surface area contributed by atoms with Gasteiger partial charge in [-0.3, -0.25) is 0 Å². The summed E-state index contributed by atoms with van der Waals surface area (Å²) in [6, 6.07) is 2.33. The molecular weight excluding hydrogens is 259 g/mol. The number of pyridine rings is 1. The Bertz CT molecular complexity index is 417. The zero-order valence-electron chi connectivity index (χ0n) is 10.7. The molecule has 0 aliphatic carbocycles. The van der Waals surface area contributed by atoms with Crippen molar-refractivity contribution in [3.8, 4) is 0 Å². The van der Waals surface area contributed by atoms with Gasteiger partial charge in [0.2, 0.25) is 5.95 Å². The molecule has 0 saturated heterocycles. The summed E-state index contributed by atoms with van der Waals surface area (Å²) in [5, 5.41) is 19.7. The molecule has 0 aliphatic heterocycles. The second-order valence-electron chi connectivity index (χ2n) is 5.09. The van der Waals surface area contributed by atoms with Gasteiger partial charge in [-0.25, -0.2) is 4.98 Å². The van der Waals surface area contributed by atoms with Crippen LogP contribution in [0.3, 0.4) is 0 Å². The van der Waals surface area contributed by atoms with Crippen LogP contribution in [0.2, 0.25) is 5.15 Å². The molecule has 0 unspecified atom stereocenters. The summed E-state index contributed by atoms with van der Waals surface area (Å²) in [7, 11) is -1.40. The van der Waals surface area contributed by atoms with Crippen molar-refractivity contribution >= 4 is 24.2 Å². The molecule has 0 aliphatic rings. The summed E-state index contributed by atoms with van der Waals surface area (Å²) in [4.78, 5) is 3.34. The molecular formula is C11H16BClFNO3. The first kappa shape index (κ1) is 15.4. The van der Waals surface area contributed by atoms with Crippen LogP contribution in [0.4, 0.5) is 4.39 Å². The molecule has 1 heterocycles. The highest BCUT2D eigenvalue weighted by Crippen LogP contribution is 2.25. The van der Waals surface area contributed by atoms with Gasteiger partial charge in [0.1, 0.15) is 5.15 Å². The molecule has 1 rings (SSSR count). The average molecular weight is 276 g/mol. The smallest absolute Gasteiger partial charge is 0.423 e. The van der Waals surface area contributed by atoms with Crippen molar-refractivity contribution < 1.29 is 19.2 Å². The first-order valence-electron chi connectivity index (χ1n) is 5.44. The second-order valence-corrected chi connectivity index (χ2v) is 5.47. The SMILES string of the molecule is CC(C)(O)C(C)(C)OB(O)c1cc(F)nc(Cl)c1. The highest BCUT2D eigenvalue weighted by atomic mass is 35.5. The van der Waals surface area contributed by atoms with Gasteiger partial charge in [-0.2, -0.15) is 4.39 Å². The van der Waals surface area contributed by atoms with E-state index in [0.717, 1.165) is 6.07 Å². The van der Waals surface area contributed by atoms with E-state index in [-0.39, 0.29) is 10.6 Å². The lowest BCUT2D eigenvalue weighted by Crippen LogP contribution is -2.53. The fraction of sp³-hybridized carbons (Fsp3) is 0.545. The molecule has 4 nitrogen and oxygen atoms in total. The molecule has 1 aromatic rings. The van der Waals surface area contributed by atoms with E-state index < -0.39 is 24.3 Å². The minimum atomic E-state index is -1.40. The standard InChI is InChI=1S/C11H16BClFNO3/c1-10(2,16)11(3,4)18-12(17)7-5-8(13)15-9(14)6-7/h5-6,16-17H,1-4H3. The van der Waals surface area contributed by atoms with Crippen LogP contribution < -0.4 is 5.46 Å². The highest BCUT2D eigenvalue weighted by Gasteiger charge is 2.39. The summed E-state index contributed by atoms with van der Waals surface area (Å²) in [5.74, 6) is -0.804. The van der Waals surface area contributed by atoms with E-state index >= 15 is 0 Å². The predicted octanol–water partition coefficient (Wildman–Crippen LogP) is 1.13. The lowest BCUT2D eigenvalue weighted by Gasteiger charge is -2.38. The van der Waals surface area contributed by atoms with Gasteiger partial charge in [0, 0.05) is 0 Å². The van der Waals surface area contributed by atoms with Crippen LogP contribution in [0.15, 0.2) is 12.1 Å². The van der Waals surface area contributed by atoms with E-state index in [1.54, 1.807) is 27.7 Å². The molecule has 100 valence electrons. The third kappa shape index (κ3) is 3.65. The number of hydrogen-bond acceptors (Lipinski definition) is 4. The number of halogens is 2. The lowest BCUT2D eigenvalue weighted by atomic mass is 9.77. The van der Waals surface area contributed by atoms with Crippen LogP contribution in [-0.4, -0.2) is 33.4 Å². The highest BCUT2D eigenvalue weighted by molar-refractivity contribution is 6.60. The van der Waals surface area contributed by atoms with Gasteiger partial charge in [-0.1, -0.05) is 11.6 Å². The van der Waals surface area contributed by atoms with Crippen LogP contribution >= 0.6 is 11.6 Å². The Hall–Kier alpha value is -0.685. The van der Waals surface area contributed by atoms with Crippen molar-refractivity contribution in [1.82, 2.24) is 4.98 Å². The summed E-state index contributed by atoms with van der Waals surface area (Å²) in [6.07, 6.45) is 0. The molecule has 2 N–H and O–H groups in total. The normalized spacial score (nSPS) is 12.7. The van der Waals surface area contributed by atoms with Gasteiger partial charge in [0.15, 0.2) is 0 Å². The van der Waals surface area contributed by atoms with Gasteiger partial charge >= 0.3 is 7.12 Å². The topological polar surface area (TPSA) is 62.6 Å². The number of rotatable bonds is 4. The Balaban J connectivity index is 2.92. The average Bonchev–Trinajstić information content (AvgIpc) is 2.13. The Kier molecular flexibility index (Phi) is 4.38. The minimum Gasteiger partial charge on any atom is -0.423 e. The van der Waals surface area contributed by atoms with Gasteiger partial charge in [-0.15, -0.1) is 0 Å². The van der Waals surface area contributed by atoms with E-state index in [2.05, 4.69) is 4.98 Å². The van der Waals surface area contributed by atoms with Gasteiger partial charge in [-0.05, 0) is 45.3 Å². The van der Waals surface area contributed by atoms with E-state index in [0.29, 0.717) is 0 Å². The first-order valence-corrected chi connectivity index (χ1v) is 5.82. The molecule has 0 bridgehead atoms. The molecule has 0 atom stereocenters. The van der Waals surface area contributed by atoms with Crippen molar-refractivity contribution in [3.05, 3.63) is 23.2 Å². The fourth-order valence-electron chi connectivity index (χ4n) is 1.12. The van der Waals surface area contributed by atoms with E-state index in [1.165, 1.54) is 6.07 Å². The zero-order chi connectivity index (χ0) is 14.1. The summed E-state index contributed by atoms with van der Waals surface area (Å²) in [5.41, 5.74) is -2.06. The lowest BCUT2D eigenvalue weighted by molar-refractivity contribution is -0.0982. The third-order valence-electron chi connectivity index (χ3n) is 2.95. The van der Waals surface area contributed by atoms with Crippen LogP contribution in [0.25, 0.3) is 0 Å². The van der Waals surface area contributed by atoms with Crippen LogP contribution in [-0.2, 0) is 4.65 Å². The molecule has 0 amide bonds. The Morgan fingerprint density at radius 1 is 1.33 bits per heavy atom. The number of nitrogens with zero attached hydrogens (tertiary/aromatic N) is 1. The molecule has 0 radical (unpaired) electrons. The third-order valence-corrected chi connectivity index (χ3v) is 3.14. The van der Waals surface area contributed by atoms with Crippen LogP contribution in [0.1, 0.15) is 27.7 Å². The summed E-state index contributed by atoms with van der Waals surface area (Å²) in [6.45, 7) is 6.35. The van der Waals surface area contributed by atoms with E-state index in [1.807, 2.05) is 0 Å². The molecule has 18 heavy (non-hydrogen) atoms. The Morgan fingerprint density at radius 2 is 1.89 bits per heavy atom. The number of aromatic nitrogens is 1. The second kappa shape index (κ2) is 5.13. The minimum absolute atomic E-state index is 0.0753. The monoisotopic (exact) mass is 275 g/mol. The van der Waals surface area contributed by atoms with Crippen molar-refractivity contribution in [2.75, 3.05) is 0 Å². The van der Waals surface area contributed by atoms with Gasteiger partial charge < -0.3 is 14.8 Å². The van der Waals surface area contributed by atoms with E-state index in [4.69, 9.17) is 16.3 Å². The molecule has 0 spiro atoms.